The summed E-state index contributed by atoms with van der Waals surface area (Å²) in [5.41, 5.74) is 0.993. The lowest BCUT2D eigenvalue weighted by Gasteiger charge is -1.91. The Kier molecular flexibility index (Phi) is 4.35. The molecule has 0 amide bonds. The third kappa shape index (κ3) is 3.81. The van der Waals surface area contributed by atoms with Crippen LogP contribution in [0.5, 0.6) is 0 Å². The number of hydrogen-bond acceptors (Lipinski definition) is 2. The zero-order valence-corrected chi connectivity index (χ0v) is 7.85. The standard InChI is InChI=1S/C12H12O2/c13-10-4-7-12(14)9-8-11-5-2-1-3-6-11/h1-3,5-6,8-10H,4,7H2/b9-8+. The Hall–Kier alpha value is -1.70. The van der Waals surface area contributed by atoms with E-state index in [1.54, 1.807) is 6.08 Å². The molecule has 0 N–H and O–H groups in total. The molecule has 0 aliphatic heterocycles. The van der Waals surface area contributed by atoms with Crippen molar-refractivity contribution in [2.24, 2.45) is 0 Å². The molecule has 2 heteroatoms. The van der Waals surface area contributed by atoms with Crippen molar-refractivity contribution in [3.05, 3.63) is 42.0 Å². The summed E-state index contributed by atoms with van der Waals surface area (Å²) < 4.78 is 0. The summed E-state index contributed by atoms with van der Waals surface area (Å²) in [6.45, 7) is 0. The van der Waals surface area contributed by atoms with Gasteiger partial charge in [0.15, 0.2) is 5.78 Å². The number of carbonyl (C=O) groups excluding carboxylic acids is 2. The van der Waals surface area contributed by atoms with Crippen LogP contribution in [0.3, 0.4) is 0 Å². The molecule has 0 heterocycles. The molecule has 72 valence electrons. The first-order valence-corrected chi connectivity index (χ1v) is 4.52. The van der Waals surface area contributed by atoms with Crippen LogP contribution in [0.1, 0.15) is 18.4 Å². The van der Waals surface area contributed by atoms with E-state index in [0.29, 0.717) is 12.8 Å². The summed E-state index contributed by atoms with van der Waals surface area (Å²) in [5.74, 6) is -0.0130. The molecule has 0 bridgehead atoms. The Bertz CT molecular complexity index is 325. The Labute approximate surface area is 83.3 Å². The van der Waals surface area contributed by atoms with Crippen LogP contribution in [0.4, 0.5) is 0 Å². The van der Waals surface area contributed by atoms with Crippen LogP contribution in [0.25, 0.3) is 6.08 Å². The van der Waals surface area contributed by atoms with Crippen molar-refractivity contribution in [1.82, 2.24) is 0 Å². The van der Waals surface area contributed by atoms with Gasteiger partial charge in [-0.25, -0.2) is 0 Å². The van der Waals surface area contributed by atoms with Crippen LogP contribution in [0.15, 0.2) is 36.4 Å². The average molecular weight is 188 g/mol. The van der Waals surface area contributed by atoms with E-state index in [1.165, 1.54) is 6.08 Å². The molecule has 0 spiro atoms. The highest BCUT2D eigenvalue weighted by molar-refractivity contribution is 5.94. The monoisotopic (exact) mass is 188 g/mol. The summed E-state index contributed by atoms with van der Waals surface area (Å²) >= 11 is 0. The van der Waals surface area contributed by atoms with Gasteiger partial charge in [0.1, 0.15) is 6.29 Å². The van der Waals surface area contributed by atoms with Crippen LogP contribution in [-0.4, -0.2) is 12.1 Å². The van der Waals surface area contributed by atoms with Gasteiger partial charge in [0.05, 0.1) is 0 Å². The van der Waals surface area contributed by atoms with Crippen molar-refractivity contribution in [3.63, 3.8) is 0 Å². The van der Waals surface area contributed by atoms with Crippen molar-refractivity contribution < 1.29 is 9.59 Å². The zero-order chi connectivity index (χ0) is 10.2. The molecule has 0 saturated heterocycles. The molecule has 0 unspecified atom stereocenters. The maximum Gasteiger partial charge on any atom is 0.156 e. The number of aldehydes is 1. The number of allylic oxidation sites excluding steroid dienone is 1. The highest BCUT2D eigenvalue weighted by Gasteiger charge is 1.94. The van der Waals surface area contributed by atoms with Gasteiger partial charge in [-0.1, -0.05) is 36.4 Å². The van der Waals surface area contributed by atoms with Crippen molar-refractivity contribution in [3.8, 4) is 0 Å². The molecule has 2 nitrogen and oxygen atoms in total. The fourth-order valence-corrected chi connectivity index (χ4v) is 1.04. The zero-order valence-electron chi connectivity index (χ0n) is 7.85. The molecular weight excluding hydrogens is 176 g/mol. The van der Waals surface area contributed by atoms with E-state index < -0.39 is 0 Å². The molecule has 0 fully saturated rings. The second-order valence-corrected chi connectivity index (χ2v) is 2.92. The van der Waals surface area contributed by atoms with E-state index in [0.717, 1.165) is 11.8 Å². The van der Waals surface area contributed by atoms with Gasteiger partial charge < -0.3 is 4.79 Å². The van der Waals surface area contributed by atoms with E-state index in [-0.39, 0.29) is 5.78 Å². The number of ketones is 1. The molecule has 0 aromatic heterocycles. The summed E-state index contributed by atoms with van der Waals surface area (Å²) in [6.07, 6.45) is 4.63. The normalized spacial score (nSPS) is 10.3. The molecule has 1 rings (SSSR count). The highest BCUT2D eigenvalue weighted by atomic mass is 16.1. The van der Waals surface area contributed by atoms with Gasteiger partial charge in [-0.2, -0.15) is 0 Å². The van der Waals surface area contributed by atoms with Crippen LogP contribution in [0.2, 0.25) is 0 Å². The molecule has 1 aromatic rings. The van der Waals surface area contributed by atoms with Gasteiger partial charge in [0.2, 0.25) is 0 Å². The molecule has 0 aliphatic carbocycles. The molecular formula is C12H12O2. The fraction of sp³-hybridized carbons (Fsp3) is 0.167. The summed E-state index contributed by atoms with van der Waals surface area (Å²) in [4.78, 5) is 21.1. The number of rotatable bonds is 5. The quantitative estimate of drug-likeness (QED) is 0.524. The van der Waals surface area contributed by atoms with Crippen molar-refractivity contribution in [1.29, 1.82) is 0 Å². The minimum atomic E-state index is -0.0130. The molecule has 1 aromatic carbocycles. The van der Waals surface area contributed by atoms with Crippen molar-refractivity contribution in [2.45, 2.75) is 12.8 Å². The summed E-state index contributed by atoms with van der Waals surface area (Å²) in [5, 5.41) is 0. The van der Waals surface area contributed by atoms with E-state index in [2.05, 4.69) is 0 Å². The van der Waals surface area contributed by atoms with Gasteiger partial charge >= 0.3 is 0 Å². The molecule has 0 atom stereocenters. The first-order valence-electron chi connectivity index (χ1n) is 4.52. The largest absolute Gasteiger partial charge is 0.303 e. The first-order chi connectivity index (χ1) is 6.83. The van der Waals surface area contributed by atoms with Gasteiger partial charge in [-0.05, 0) is 11.6 Å². The lowest BCUT2D eigenvalue weighted by atomic mass is 10.1. The maximum atomic E-state index is 11.1. The average Bonchev–Trinajstić information content (AvgIpc) is 2.25. The fourth-order valence-electron chi connectivity index (χ4n) is 1.04. The molecule has 0 aliphatic rings. The Morgan fingerprint density at radius 2 is 1.93 bits per heavy atom. The Morgan fingerprint density at radius 1 is 1.21 bits per heavy atom. The van der Waals surface area contributed by atoms with Crippen LogP contribution in [0, 0.1) is 0 Å². The Morgan fingerprint density at radius 3 is 2.57 bits per heavy atom. The van der Waals surface area contributed by atoms with Gasteiger partial charge in [0, 0.05) is 12.8 Å². The third-order valence-corrected chi connectivity index (χ3v) is 1.77. The number of benzene rings is 1. The molecule has 0 saturated carbocycles. The first kappa shape index (κ1) is 10.4. The maximum absolute atomic E-state index is 11.1. The number of hydrogen-bond donors (Lipinski definition) is 0. The SMILES string of the molecule is O=CCCC(=O)/C=C/c1ccccc1. The lowest BCUT2D eigenvalue weighted by molar-refractivity contribution is -0.116. The second kappa shape index (κ2) is 5.86. The Balaban J connectivity index is 2.48. The predicted molar refractivity (Wildman–Crippen MR) is 55.8 cm³/mol. The highest BCUT2D eigenvalue weighted by Crippen LogP contribution is 2.01. The van der Waals surface area contributed by atoms with Crippen LogP contribution < -0.4 is 0 Å². The second-order valence-electron chi connectivity index (χ2n) is 2.92. The minimum Gasteiger partial charge on any atom is -0.303 e. The minimum absolute atomic E-state index is 0.0130. The van der Waals surface area contributed by atoms with E-state index >= 15 is 0 Å². The van der Waals surface area contributed by atoms with Gasteiger partial charge in [-0.3, -0.25) is 4.79 Å². The van der Waals surface area contributed by atoms with Crippen molar-refractivity contribution >= 4 is 18.1 Å². The summed E-state index contributed by atoms with van der Waals surface area (Å²) in [6, 6.07) is 9.59. The lowest BCUT2D eigenvalue weighted by Crippen LogP contribution is -1.91. The number of carbonyl (C=O) groups is 2. The molecule has 0 radical (unpaired) electrons. The third-order valence-electron chi connectivity index (χ3n) is 1.77. The predicted octanol–water partition coefficient (Wildman–Crippen LogP) is 2.25. The van der Waals surface area contributed by atoms with E-state index in [4.69, 9.17) is 0 Å². The topological polar surface area (TPSA) is 34.1 Å². The van der Waals surface area contributed by atoms with Gasteiger partial charge in [0.25, 0.3) is 0 Å². The van der Waals surface area contributed by atoms with Crippen LogP contribution >= 0.6 is 0 Å². The smallest absolute Gasteiger partial charge is 0.156 e. The van der Waals surface area contributed by atoms with E-state index in [9.17, 15) is 9.59 Å². The summed E-state index contributed by atoms with van der Waals surface area (Å²) in [7, 11) is 0. The van der Waals surface area contributed by atoms with Crippen LogP contribution in [-0.2, 0) is 9.59 Å². The van der Waals surface area contributed by atoms with E-state index in [1.807, 2.05) is 30.3 Å². The molecule has 14 heavy (non-hydrogen) atoms. The van der Waals surface area contributed by atoms with Crippen molar-refractivity contribution in [2.75, 3.05) is 0 Å². The van der Waals surface area contributed by atoms with Gasteiger partial charge in [-0.15, -0.1) is 0 Å².